The third kappa shape index (κ3) is 43.9. The topological polar surface area (TPSA) is 380 Å². The van der Waals surface area contributed by atoms with Crippen molar-refractivity contribution < 1.29 is 80.5 Å². The molecule has 11 N–H and O–H groups in total. The number of amides is 3. The number of carboxylic acid groups (broad SMARTS) is 1. The maximum Gasteiger partial charge on any atom is 0.326 e. The van der Waals surface area contributed by atoms with Crippen molar-refractivity contribution >= 4 is 62.8 Å². The van der Waals surface area contributed by atoms with E-state index >= 15 is 0 Å². The van der Waals surface area contributed by atoms with Crippen molar-refractivity contribution in [3.63, 3.8) is 0 Å². The first kappa shape index (κ1) is 80.4. The summed E-state index contributed by atoms with van der Waals surface area (Å²) in [6.45, 7) is 11.1. The molecule has 5 atom stereocenters. The highest BCUT2D eigenvalue weighted by Gasteiger charge is 2.36. The highest BCUT2D eigenvalue weighted by Crippen LogP contribution is 2.31. The number of ketones is 4. The second-order valence-corrected chi connectivity index (χ2v) is 25.1. The van der Waals surface area contributed by atoms with Crippen LogP contribution < -0.4 is 27.4 Å². The molecule has 0 aliphatic rings. The van der Waals surface area contributed by atoms with Gasteiger partial charge in [-0.3, -0.25) is 43.5 Å². The van der Waals surface area contributed by atoms with Crippen LogP contribution in [0, 0.1) is 35.0 Å². The fourth-order valence-corrected chi connectivity index (χ4v) is 10.7. The first-order valence-corrected chi connectivity index (χ1v) is 33.5. The number of phenolic OH excluding ortho intramolecular Hbond substituents is 1. The van der Waals surface area contributed by atoms with Gasteiger partial charge >= 0.3 is 5.97 Å². The summed E-state index contributed by atoms with van der Waals surface area (Å²) in [5.41, 5.74) is 12.7. The predicted octanol–water partition coefficient (Wildman–Crippen LogP) is 7.66. The third-order valence-electron chi connectivity index (χ3n) is 15.0. The van der Waals surface area contributed by atoms with Crippen molar-refractivity contribution in [1.29, 1.82) is 5.41 Å². The summed E-state index contributed by atoms with van der Waals surface area (Å²) in [6, 6.07) is 5.34. The Labute approximate surface area is 523 Å². The molecule has 502 valence electrons. The Morgan fingerprint density at radius 3 is 1.76 bits per heavy atom. The van der Waals surface area contributed by atoms with E-state index in [0.29, 0.717) is 95.0 Å². The molecule has 1 aromatic rings. The average Bonchev–Trinajstić information content (AvgIpc) is 3.28. The number of aromatic hydroxyl groups is 1. The van der Waals surface area contributed by atoms with Gasteiger partial charge in [0.05, 0.1) is 44.6 Å². The van der Waals surface area contributed by atoms with E-state index in [1.54, 1.807) is 19.1 Å². The smallest absolute Gasteiger partial charge is 0.326 e. The number of hydrogen-bond acceptors (Lipinski definition) is 17. The summed E-state index contributed by atoms with van der Waals surface area (Å²) in [6.07, 6.45) is 15.6. The number of nitrogens with one attached hydrogen (secondary N) is 4. The molecular weight excluding hydrogens is 1160 g/mol. The lowest BCUT2D eigenvalue weighted by atomic mass is 9.75. The Bertz CT molecular complexity index is 2340. The minimum atomic E-state index is -3.87. The minimum absolute atomic E-state index is 0.00859. The summed E-state index contributed by atoms with van der Waals surface area (Å²) in [5.74, 6) is -6.03. The second-order valence-electron chi connectivity index (χ2n) is 23.5. The quantitative estimate of drug-likeness (QED) is 0.0131. The summed E-state index contributed by atoms with van der Waals surface area (Å²) >= 11 is 0. The number of Topliss-reactive ketones (excluding diaryl/α,β-unsaturated/α-hetero) is 4. The monoisotopic (exact) mass is 1260 g/mol. The molecule has 0 fully saturated rings. The van der Waals surface area contributed by atoms with Crippen molar-refractivity contribution in [2.75, 3.05) is 71.7 Å². The molecule has 0 aliphatic heterocycles. The Morgan fingerprint density at radius 2 is 1.16 bits per heavy atom. The van der Waals surface area contributed by atoms with Gasteiger partial charge in [0, 0.05) is 87.6 Å². The van der Waals surface area contributed by atoms with E-state index in [1.165, 1.54) is 12.1 Å². The van der Waals surface area contributed by atoms with E-state index in [1.807, 2.05) is 13.8 Å². The second kappa shape index (κ2) is 49.2. The first-order chi connectivity index (χ1) is 41.9. The molecular formula is C64H108N6O17S. The van der Waals surface area contributed by atoms with Crippen LogP contribution in [0.3, 0.4) is 0 Å². The number of rotatable bonds is 60. The SMILES string of the molecule is C=C(CCCCCCCCCCCCCS(=O)(=O)O)N[C@@H](CCC(=O)NCCOCCOCC(=O)CCCOCCOCC(=O)NCCCC[C@H](CC(=O)CC(C)C)C(=O)C(C)[C@@H](CCCCC(=N)N)C(=O)C[C@@H](Cc1ccc(O)cc1)C(N)=O)C(=O)O. The molecule has 0 spiro atoms. The molecule has 1 unspecified atom stereocenters. The number of carboxylic acids is 1. The summed E-state index contributed by atoms with van der Waals surface area (Å²) in [5, 5.41) is 35.5. The van der Waals surface area contributed by atoms with Crippen molar-refractivity contribution in [1.82, 2.24) is 16.0 Å². The summed E-state index contributed by atoms with van der Waals surface area (Å²) < 4.78 is 52.1. The highest BCUT2D eigenvalue weighted by atomic mass is 32.2. The number of carbonyl (C=O) groups is 8. The Morgan fingerprint density at radius 1 is 0.591 bits per heavy atom. The zero-order valence-corrected chi connectivity index (χ0v) is 53.8. The number of primary amides is 1. The molecule has 0 bridgehead atoms. The van der Waals surface area contributed by atoms with E-state index in [9.17, 15) is 57.0 Å². The number of carbonyl (C=O) groups excluding carboxylic acids is 7. The molecule has 0 aliphatic carbocycles. The number of benzene rings is 1. The summed E-state index contributed by atoms with van der Waals surface area (Å²) in [4.78, 5) is 103. The van der Waals surface area contributed by atoms with Gasteiger partial charge in [0.1, 0.15) is 42.4 Å². The van der Waals surface area contributed by atoms with Crippen molar-refractivity contribution in [3.8, 4) is 5.75 Å². The number of phenols is 1. The molecule has 24 heteroatoms. The lowest BCUT2D eigenvalue weighted by molar-refractivity contribution is -0.139. The number of amidine groups is 1. The molecule has 0 saturated heterocycles. The number of unbranched alkanes of at least 4 members (excludes halogenated alkanes) is 12. The van der Waals surface area contributed by atoms with Crippen LogP contribution in [0.2, 0.25) is 0 Å². The van der Waals surface area contributed by atoms with Gasteiger partial charge < -0.3 is 56.6 Å². The maximum atomic E-state index is 14.3. The molecule has 1 rings (SSSR count). The number of nitrogens with two attached hydrogens (primary N) is 2. The molecule has 0 radical (unpaired) electrons. The van der Waals surface area contributed by atoms with Gasteiger partial charge in [0.2, 0.25) is 17.7 Å². The summed E-state index contributed by atoms with van der Waals surface area (Å²) in [7, 11) is -3.87. The number of aliphatic carboxylic acids is 1. The zero-order chi connectivity index (χ0) is 65.5. The van der Waals surface area contributed by atoms with Gasteiger partial charge in [-0.15, -0.1) is 0 Å². The Kier molecular flexibility index (Phi) is 44.9. The highest BCUT2D eigenvalue weighted by molar-refractivity contribution is 7.85. The molecule has 3 amide bonds. The minimum Gasteiger partial charge on any atom is -0.508 e. The van der Waals surface area contributed by atoms with Crippen LogP contribution in [-0.4, -0.2) is 154 Å². The van der Waals surface area contributed by atoms with Crippen LogP contribution in [0.4, 0.5) is 0 Å². The van der Waals surface area contributed by atoms with Gasteiger partial charge in [-0.25, -0.2) is 4.79 Å². The lowest BCUT2D eigenvalue weighted by Gasteiger charge is -2.27. The lowest BCUT2D eigenvalue weighted by Crippen LogP contribution is -2.37. The Hall–Kier alpha value is -5.66. The average molecular weight is 1270 g/mol. The molecule has 0 heterocycles. The van der Waals surface area contributed by atoms with Crippen LogP contribution in [0.5, 0.6) is 5.75 Å². The van der Waals surface area contributed by atoms with Crippen LogP contribution in [0.25, 0.3) is 0 Å². The van der Waals surface area contributed by atoms with Gasteiger partial charge in [0.15, 0.2) is 5.78 Å². The molecule has 88 heavy (non-hydrogen) atoms. The standard InChI is InChI=1S/C64H108N6O17S/c1-47(2)41-55(73)43-51(62(77)49(4)56(24-15-16-25-59(65)66)58(74)44-52(63(67)78)42-50-26-28-53(71)29-27-50)22-17-18-32-68-61(76)46-87-39-36-84-34-20-23-54(72)45-86-38-37-85-35-33-69-60(75)31-30-57(64(79)80)70-48(3)21-14-12-10-8-6-5-7-9-11-13-19-40-88(81,82)83/h26-29,47,49,51-52,56-57,70-71H,3,5-25,30-46H2,1-2,4H3,(H3,65,66)(H2,67,78)(H,68,76)(H,69,75)(H,79,80)(H,81,82,83)/t49?,51-,52-,56-,57+/m1/s1. The van der Waals surface area contributed by atoms with Crippen LogP contribution in [-0.2, 0) is 73.8 Å². The Balaban J connectivity index is 2.28. The molecule has 23 nitrogen and oxygen atoms in total. The predicted molar refractivity (Wildman–Crippen MR) is 337 cm³/mol. The fourth-order valence-electron chi connectivity index (χ4n) is 10.1. The molecule has 0 saturated carbocycles. The zero-order valence-electron chi connectivity index (χ0n) is 53.0. The van der Waals surface area contributed by atoms with Crippen molar-refractivity contribution in [3.05, 3.63) is 42.1 Å². The van der Waals surface area contributed by atoms with Gasteiger partial charge in [0.25, 0.3) is 10.1 Å². The normalized spacial score (nSPS) is 13.2. The fraction of sp³-hybridized carbons (Fsp3) is 0.734. The number of hydrogen-bond donors (Lipinski definition) is 9. The van der Waals surface area contributed by atoms with E-state index in [-0.39, 0.29) is 150 Å². The number of allylic oxidation sites excluding steroid dienone is 1. The first-order valence-electron chi connectivity index (χ1n) is 31.8. The third-order valence-corrected chi connectivity index (χ3v) is 15.8. The van der Waals surface area contributed by atoms with E-state index < -0.39 is 51.7 Å². The van der Waals surface area contributed by atoms with Gasteiger partial charge in [-0.1, -0.05) is 110 Å². The van der Waals surface area contributed by atoms with Crippen molar-refractivity contribution in [2.45, 2.75) is 200 Å². The van der Waals surface area contributed by atoms with Crippen LogP contribution >= 0.6 is 0 Å². The van der Waals surface area contributed by atoms with Crippen LogP contribution in [0.1, 0.15) is 193 Å². The van der Waals surface area contributed by atoms with Crippen LogP contribution in [0.15, 0.2) is 36.5 Å². The van der Waals surface area contributed by atoms with E-state index in [4.69, 9.17) is 40.4 Å². The molecule has 1 aromatic carbocycles. The van der Waals surface area contributed by atoms with E-state index in [2.05, 4.69) is 22.5 Å². The molecule has 0 aromatic heterocycles. The van der Waals surface area contributed by atoms with E-state index in [0.717, 1.165) is 64.2 Å². The largest absolute Gasteiger partial charge is 0.508 e. The van der Waals surface area contributed by atoms with Gasteiger partial charge in [-0.05, 0) is 87.8 Å². The number of ether oxygens (including phenoxy) is 4. The van der Waals surface area contributed by atoms with Crippen molar-refractivity contribution in [2.24, 2.45) is 41.1 Å². The maximum absolute atomic E-state index is 14.3. The van der Waals surface area contributed by atoms with Gasteiger partial charge in [-0.2, -0.15) is 8.42 Å².